The zero-order valence-electron chi connectivity index (χ0n) is 8.40. The van der Waals surface area contributed by atoms with Crippen molar-refractivity contribution in [2.24, 2.45) is 0 Å². The van der Waals surface area contributed by atoms with Crippen molar-refractivity contribution in [1.82, 2.24) is 0 Å². The van der Waals surface area contributed by atoms with Crippen LogP contribution in [0.1, 0.15) is 11.1 Å². The maximum absolute atomic E-state index is 3.47. The number of hydrogen-bond donors (Lipinski definition) is 0. The molecular formula is C15H11. The van der Waals surface area contributed by atoms with Gasteiger partial charge in [-0.2, -0.15) is 0 Å². The lowest BCUT2D eigenvalue weighted by Gasteiger charge is -1.99. The first-order valence-corrected chi connectivity index (χ1v) is 5.21. The molecule has 0 unspecified atom stereocenters. The fourth-order valence-corrected chi connectivity index (χ4v) is 1.97. The molecule has 0 spiro atoms. The Morgan fingerprint density at radius 3 is 2.67 bits per heavy atom. The molecule has 0 amide bonds. The highest BCUT2D eigenvalue weighted by Crippen LogP contribution is 2.11. The van der Waals surface area contributed by atoms with Crippen LogP contribution in [-0.2, 0) is 6.42 Å². The predicted octanol–water partition coefficient (Wildman–Crippen LogP) is 1.73. The molecule has 0 heteroatoms. The van der Waals surface area contributed by atoms with Crippen LogP contribution in [0.4, 0.5) is 0 Å². The van der Waals surface area contributed by atoms with Crippen LogP contribution in [-0.4, -0.2) is 0 Å². The Labute approximate surface area is 89.2 Å². The van der Waals surface area contributed by atoms with E-state index in [1.54, 1.807) is 0 Å². The molecule has 1 radical (unpaired) electrons. The first-order chi connectivity index (χ1) is 7.43. The van der Waals surface area contributed by atoms with Crippen molar-refractivity contribution in [2.45, 2.75) is 6.42 Å². The smallest absolute Gasteiger partial charge is 0.00177 e. The molecule has 71 valence electrons. The summed E-state index contributed by atoms with van der Waals surface area (Å²) >= 11 is 0. The first kappa shape index (κ1) is 8.49. The maximum Gasteiger partial charge on any atom is -0.00177 e. The fraction of sp³-hybridized carbons (Fsp3) is 0.0667. The first-order valence-electron chi connectivity index (χ1n) is 5.21. The third-order valence-electron chi connectivity index (χ3n) is 2.79. The summed E-state index contributed by atoms with van der Waals surface area (Å²) in [5.41, 5.74) is 2.58. The number of fused-ring (bicyclic) bond motifs is 2. The molecule has 0 nitrogen and oxygen atoms in total. The van der Waals surface area contributed by atoms with E-state index in [2.05, 4.69) is 60.7 Å². The summed E-state index contributed by atoms with van der Waals surface area (Å²) < 4.78 is 0. The van der Waals surface area contributed by atoms with Gasteiger partial charge in [0.1, 0.15) is 0 Å². The molecule has 1 aliphatic rings. The number of rotatable bonds is 0. The van der Waals surface area contributed by atoms with Crippen molar-refractivity contribution in [3.63, 3.8) is 0 Å². The Bertz CT molecular complexity index is 606. The van der Waals surface area contributed by atoms with E-state index in [0.29, 0.717) is 0 Å². The maximum atomic E-state index is 3.47. The van der Waals surface area contributed by atoms with Gasteiger partial charge in [-0.1, -0.05) is 54.6 Å². The van der Waals surface area contributed by atoms with Crippen molar-refractivity contribution >= 4 is 12.2 Å². The number of benzene rings is 2. The van der Waals surface area contributed by atoms with Gasteiger partial charge in [-0.15, -0.1) is 0 Å². The number of hydrogen-bond acceptors (Lipinski definition) is 0. The lowest BCUT2D eigenvalue weighted by atomic mass is 10.1. The molecule has 0 bridgehead atoms. The van der Waals surface area contributed by atoms with Crippen LogP contribution in [0.25, 0.3) is 12.2 Å². The summed E-state index contributed by atoms with van der Waals surface area (Å²) in [6.45, 7) is 0. The lowest BCUT2D eigenvalue weighted by molar-refractivity contribution is 1.32. The molecule has 0 atom stereocenters. The third kappa shape index (κ3) is 1.48. The molecule has 2 aromatic carbocycles. The van der Waals surface area contributed by atoms with E-state index >= 15 is 0 Å². The molecule has 0 saturated heterocycles. The van der Waals surface area contributed by atoms with Gasteiger partial charge in [0, 0.05) is 0 Å². The Kier molecular flexibility index (Phi) is 1.92. The van der Waals surface area contributed by atoms with Gasteiger partial charge < -0.3 is 0 Å². The van der Waals surface area contributed by atoms with Crippen LogP contribution in [0.5, 0.6) is 0 Å². The second kappa shape index (κ2) is 3.39. The highest BCUT2D eigenvalue weighted by atomic mass is 14.0. The highest BCUT2D eigenvalue weighted by molar-refractivity contribution is 5.58. The van der Waals surface area contributed by atoms with Gasteiger partial charge in [0.15, 0.2) is 0 Å². The van der Waals surface area contributed by atoms with Crippen molar-refractivity contribution < 1.29 is 0 Å². The Morgan fingerprint density at radius 2 is 1.67 bits per heavy atom. The fourth-order valence-electron chi connectivity index (χ4n) is 1.97. The van der Waals surface area contributed by atoms with Gasteiger partial charge >= 0.3 is 0 Å². The molecular weight excluding hydrogens is 180 g/mol. The molecule has 1 aliphatic carbocycles. The molecule has 0 fully saturated rings. The van der Waals surface area contributed by atoms with Crippen LogP contribution in [0, 0.1) is 0 Å². The van der Waals surface area contributed by atoms with E-state index in [4.69, 9.17) is 0 Å². The SMILES string of the molecule is [C]1=c2ccccc2=CCc2ccccc21. The molecule has 2 aromatic rings. The molecule has 0 heterocycles. The Morgan fingerprint density at radius 1 is 0.867 bits per heavy atom. The third-order valence-corrected chi connectivity index (χ3v) is 2.79. The average molecular weight is 191 g/mol. The van der Waals surface area contributed by atoms with Crippen LogP contribution < -0.4 is 10.4 Å². The van der Waals surface area contributed by atoms with Gasteiger partial charge in [0.25, 0.3) is 0 Å². The summed E-state index contributed by atoms with van der Waals surface area (Å²) in [6.07, 6.45) is 6.74. The minimum atomic E-state index is 1.00. The monoisotopic (exact) mass is 191 g/mol. The zero-order chi connectivity index (χ0) is 10.1. The van der Waals surface area contributed by atoms with Gasteiger partial charge in [-0.25, -0.2) is 0 Å². The van der Waals surface area contributed by atoms with E-state index < -0.39 is 0 Å². The molecule has 0 aliphatic heterocycles. The topological polar surface area (TPSA) is 0 Å². The van der Waals surface area contributed by atoms with E-state index in [1.165, 1.54) is 21.6 Å². The van der Waals surface area contributed by atoms with Gasteiger partial charge in [0.05, 0.1) is 0 Å². The van der Waals surface area contributed by atoms with Crippen molar-refractivity contribution in [1.29, 1.82) is 0 Å². The molecule has 0 aromatic heterocycles. The summed E-state index contributed by atoms with van der Waals surface area (Å²) in [6, 6.07) is 16.9. The van der Waals surface area contributed by atoms with Gasteiger partial charge in [-0.05, 0) is 34.1 Å². The Hall–Kier alpha value is -1.82. The molecule has 0 N–H and O–H groups in total. The van der Waals surface area contributed by atoms with E-state index in [1.807, 2.05) is 0 Å². The molecule has 3 rings (SSSR count). The van der Waals surface area contributed by atoms with Crippen LogP contribution in [0.2, 0.25) is 0 Å². The minimum absolute atomic E-state index is 1.00. The summed E-state index contributed by atoms with van der Waals surface area (Å²) in [4.78, 5) is 0. The normalized spacial score (nSPS) is 12.8. The van der Waals surface area contributed by atoms with Gasteiger partial charge in [-0.3, -0.25) is 0 Å². The quantitative estimate of drug-likeness (QED) is 0.595. The van der Waals surface area contributed by atoms with Gasteiger partial charge in [0.2, 0.25) is 0 Å². The second-order valence-corrected chi connectivity index (χ2v) is 3.78. The lowest BCUT2D eigenvalue weighted by Crippen LogP contribution is -2.22. The standard InChI is InChI=1S/C15H11/c1-3-7-14-11-15-8-4-2-6-13(15)10-9-12(14)5-1/h1-9H,10H2. The predicted molar refractivity (Wildman–Crippen MR) is 62.8 cm³/mol. The van der Waals surface area contributed by atoms with Crippen LogP contribution in [0.15, 0.2) is 48.5 Å². The largest absolute Gasteiger partial charge is 0.0722 e. The van der Waals surface area contributed by atoms with Crippen LogP contribution in [0.3, 0.4) is 0 Å². The second-order valence-electron chi connectivity index (χ2n) is 3.78. The van der Waals surface area contributed by atoms with Crippen LogP contribution >= 0.6 is 0 Å². The molecule has 15 heavy (non-hydrogen) atoms. The van der Waals surface area contributed by atoms with Crippen molar-refractivity contribution in [3.8, 4) is 0 Å². The highest BCUT2D eigenvalue weighted by Gasteiger charge is 2.00. The van der Waals surface area contributed by atoms with E-state index in [9.17, 15) is 0 Å². The van der Waals surface area contributed by atoms with Crippen molar-refractivity contribution in [2.75, 3.05) is 0 Å². The minimum Gasteiger partial charge on any atom is -0.0722 e. The van der Waals surface area contributed by atoms with Crippen molar-refractivity contribution in [3.05, 3.63) is 70.1 Å². The Balaban J connectivity index is 2.36. The summed E-state index contributed by atoms with van der Waals surface area (Å²) in [7, 11) is 0. The van der Waals surface area contributed by atoms with E-state index in [-0.39, 0.29) is 0 Å². The molecule has 0 saturated carbocycles. The average Bonchev–Trinajstić information content (AvgIpc) is 2.48. The zero-order valence-corrected chi connectivity index (χ0v) is 8.40. The summed E-state index contributed by atoms with van der Waals surface area (Å²) in [5, 5.41) is 2.48. The summed E-state index contributed by atoms with van der Waals surface area (Å²) in [5.74, 6) is 0. The van der Waals surface area contributed by atoms with E-state index in [0.717, 1.165) is 6.42 Å².